The molecule has 1 unspecified atom stereocenters. The zero-order valence-electron chi connectivity index (χ0n) is 15.8. The van der Waals surface area contributed by atoms with E-state index in [9.17, 15) is 9.59 Å². The number of benzene rings is 2. The van der Waals surface area contributed by atoms with E-state index in [0.717, 1.165) is 23.2 Å². The molecule has 0 fully saturated rings. The maximum Gasteiger partial charge on any atom is 0.338 e. The second-order valence-electron chi connectivity index (χ2n) is 6.32. The van der Waals surface area contributed by atoms with Crippen molar-refractivity contribution in [1.82, 2.24) is 0 Å². The van der Waals surface area contributed by atoms with Crippen LogP contribution in [0.3, 0.4) is 0 Å². The minimum absolute atomic E-state index is 0.0119. The molecule has 1 amide bonds. The largest absolute Gasteiger partial charge is 0.423 e. The summed E-state index contributed by atoms with van der Waals surface area (Å²) in [4.78, 5) is 23.4. The number of amides is 1. The first-order valence-corrected chi connectivity index (χ1v) is 8.79. The number of carbonyl (C=O) groups is 2. The van der Waals surface area contributed by atoms with Crippen molar-refractivity contribution in [3.63, 3.8) is 0 Å². The van der Waals surface area contributed by atoms with Gasteiger partial charge in [-0.3, -0.25) is 4.79 Å². The molecule has 1 atom stereocenters. The molecule has 1 N–H and O–H groups in total. The molecule has 0 saturated carbocycles. The lowest BCUT2D eigenvalue weighted by molar-refractivity contribution is -0.130. The van der Waals surface area contributed by atoms with E-state index < -0.39 is 5.97 Å². The highest BCUT2D eigenvalue weighted by atomic mass is 16.5. The molecule has 0 aliphatic carbocycles. The summed E-state index contributed by atoms with van der Waals surface area (Å²) in [6.07, 6.45) is 0.806. The van der Waals surface area contributed by atoms with Gasteiger partial charge in [0.15, 0.2) is 0 Å². The third-order valence-corrected chi connectivity index (χ3v) is 3.98. The summed E-state index contributed by atoms with van der Waals surface area (Å²) >= 11 is 0. The number of hydrogen-bond donors (Lipinski definition) is 1. The third-order valence-electron chi connectivity index (χ3n) is 3.98. The molecule has 2 rings (SSSR count). The van der Waals surface area contributed by atoms with Gasteiger partial charge >= 0.3 is 5.97 Å². The van der Waals surface area contributed by atoms with Crippen LogP contribution in [0.4, 0.5) is 5.69 Å². The first kappa shape index (κ1) is 20.0. The molecule has 0 aliphatic heterocycles. The van der Waals surface area contributed by atoms with Gasteiger partial charge in [0.2, 0.25) is 5.91 Å². The van der Waals surface area contributed by atoms with Crippen molar-refractivity contribution in [2.75, 3.05) is 5.32 Å². The van der Waals surface area contributed by atoms with Crippen molar-refractivity contribution >= 4 is 17.6 Å². The van der Waals surface area contributed by atoms with E-state index in [-0.39, 0.29) is 11.8 Å². The predicted molar refractivity (Wildman–Crippen MR) is 107 cm³/mol. The van der Waals surface area contributed by atoms with Crippen molar-refractivity contribution in [3.05, 3.63) is 71.8 Å². The Labute approximate surface area is 160 Å². The van der Waals surface area contributed by atoms with Crippen LogP contribution in [0.1, 0.15) is 38.3 Å². The molecule has 138 valence electrons. The topological polar surface area (TPSA) is 55.4 Å². The fourth-order valence-corrected chi connectivity index (χ4v) is 2.03. The molecule has 0 heterocycles. The van der Waals surface area contributed by atoms with Gasteiger partial charge in [0.1, 0.15) is 5.75 Å². The van der Waals surface area contributed by atoms with Crippen LogP contribution in [-0.4, -0.2) is 11.9 Å². The van der Waals surface area contributed by atoms with Gasteiger partial charge < -0.3 is 10.1 Å². The molecule has 0 aliphatic rings. The van der Waals surface area contributed by atoms with Crippen LogP contribution in [-0.2, 0) is 9.59 Å². The van der Waals surface area contributed by atoms with Crippen LogP contribution in [0.25, 0.3) is 0 Å². The Hall–Kier alpha value is -3.32. The van der Waals surface area contributed by atoms with Crippen LogP contribution in [0.2, 0.25) is 0 Å². The smallest absolute Gasteiger partial charge is 0.338 e. The summed E-state index contributed by atoms with van der Waals surface area (Å²) in [5.74, 6) is 6.14. The molecule has 2 aromatic rings. The zero-order valence-corrected chi connectivity index (χ0v) is 15.8. The molecule has 2 aromatic carbocycles. The summed E-state index contributed by atoms with van der Waals surface area (Å²) in [7, 11) is 0. The number of ether oxygens (including phenoxy) is 1. The van der Waals surface area contributed by atoms with Gasteiger partial charge in [-0.2, -0.15) is 0 Å². The van der Waals surface area contributed by atoms with E-state index in [1.807, 2.05) is 38.1 Å². The Bertz CT molecular complexity index is 884. The van der Waals surface area contributed by atoms with Gasteiger partial charge in [-0.05, 0) is 61.9 Å². The lowest BCUT2D eigenvalue weighted by atomic mass is 10.1. The summed E-state index contributed by atoms with van der Waals surface area (Å²) in [5.41, 5.74) is 2.76. The standard InChI is InChI=1S/C23H23NO3/c1-5-17(4)22(25)24-20-12-8-18(9-13-20)6-7-19-10-14-21(15-11-19)27-23(26)16(2)3/h8-15,17H,2,5H2,1,3-4H3,(H,24,25). The molecule has 0 saturated heterocycles. The molecule has 0 aromatic heterocycles. The highest BCUT2D eigenvalue weighted by Crippen LogP contribution is 2.14. The van der Waals surface area contributed by atoms with Crippen molar-refractivity contribution < 1.29 is 14.3 Å². The average Bonchev–Trinajstić information content (AvgIpc) is 2.67. The molecule has 27 heavy (non-hydrogen) atoms. The Morgan fingerprint density at radius 2 is 1.56 bits per heavy atom. The van der Waals surface area contributed by atoms with E-state index in [2.05, 4.69) is 23.7 Å². The molecular formula is C23H23NO3. The maximum atomic E-state index is 11.9. The lowest BCUT2D eigenvalue weighted by Crippen LogP contribution is -2.19. The van der Waals surface area contributed by atoms with E-state index in [1.54, 1.807) is 31.2 Å². The van der Waals surface area contributed by atoms with Crippen LogP contribution < -0.4 is 10.1 Å². The highest BCUT2D eigenvalue weighted by Gasteiger charge is 2.10. The Balaban J connectivity index is 2.00. The zero-order chi connectivity index (χ0) is 19.8. The van der Waals surface area contributed by atoms with E-state index in [4.69, 9.17) is 4.74 Å². The normalized spacial score (nSPS) is 10.9. The molecule has 4 heteroatoms. The summed E-state index contributed by atoms with van der Waals surface area (Å²) in [6.45, 7) is 9.04. The monoisotopic (exact) mass is 361 g/mol. The first-order chi connectivity index (χ1) is 12.9. The van der Waals surface area contributed by atoms with E-state index in [1.165, 1.54) is 0 Å². The molecule has 0 spiro atoms. The minimum Gasteiger partial charge on any atom is -0.423 e. The van der Waals surface area contributed by atoms with Gasteiger partial charge in [0.05, 0.1) is 0 Å². The SMILES string of the molecule is C=C(C)C(=O)Oc1ccc(C#Cc2ccc(NC(=O)C(C)CC)cc2)cc1. The number of esters is 1. The van der Waals surface area contributed by atoms with Crippen molar-refractivity contribution in [2.24, 2.45) is 5.92 Å². The van der Waals surface area contributed by atoms with E-state index >= 15 is 0 Å². The molecule has 4 nitrogen and oxygen atoms in total. The third kappa shape index (κ3) is 6.16. The van der Waals surface area contributed by atoms with Gasteiger partial charge in [-0.15, -0.1) is 0 Å². The van der Waals surface area contributed by atoms with Crippen LogP contribution >= 0.6 is 0 Å². The second kappa shape index (κ2) is 9.40. The lowest BCUT2D eigenvalue weighted by Gasteiger charge is -2.09. The van der Waals surface area contributed by atoms with Gasteiger partial charge in [0.25, 0.3) is 0 Å². The Morgan fingerprint density at radius 1 is 1.04 bits per heavy atom. The van der Waals surface area contributed by atoms with Crippen molar-refractivity contribution in [2.45, 2.75) is 27.2 Å². The van der Waals surface area contributed by atoms with Gasteiger partial charge in [-0.25, -0.2) is 4.79 Å². The number of hydrogen-bond acceptors (Lipinski definition) is 3. The van der Waals surface area contributed by atoms with Gasteiger partial charge in [0, 0.05) is 28.3 Å². The number of anilines is 1. The predicted octanol–water partition coefficient (Wildman–Crippen LogP) is 4.55. The summed E-state index contributed by atoms with van der Waals surface area (Å²) in [5, 5.41) is 2.89. The van der Waals surface area contributed by atoms with Crippen LogP contribution in [0.15, 0.2) is 60.7 Å². The number of nitrogens with one attached hydrogen (secondary N) is 1. The van der Waals surface area contributed by atoms with Crippen molar-refractivity contribution in [3.8, 4) is 17.6 Å². The first-order valence-electron chi connectivity index (χ1n) is 8.79. The van der Waals surface area contributed by atoms with Crippen LogP contribution in [0, 0.1) is 17.8 Å². The van der Waals surface area contributed by atoms with Gasteiger partial charge in [-0.1, -0.05) is 32.3 Å². The summed E-state index contributed by atoms with van der Waals surface area (Å²) in [6, 6.07) is 14.4. The van der Waals surface area contributed by atoms with E-state index in [0.29, 0.717) is 11.3 Å². The fourth-order valence-electron chi connectivity index (χ4n) is 2.03. The van der Waals surface area contributed by atoms with Crippen LogP contribution in [0.5, 0.6) is 5.75 Å². The number of rotatable bonds is 5. The summed E-state index contributed by atoms with van der Waals surface area (Å²) < 4.78 is 5.14. The quantitative estimate of drug-likeness (QED) is 0.368. The minimum atomic E-state index is -0.450. The Morgan fingerprint density at radius 3 is 2.04 bits per heavy atom. The molecular weight excluding hydrogens is 338 g/mol. The Kier molecular flexibility index (Phi) is 6.96. The second-order valence-corrected chi connectivity index (χ2v) is 6.32. The fraction of sp³-hybridized carbons (Fsp3) is 0.217. The molecule has 0 bridgehead atoms. The maximum absolute atomic E-state index is 11.9. The number of carbonyl (C=O) groups excluding carboxylic acids is 2. The average molecular weight is 361 g/mol. The molecule has 0 radical (unpaired) electrons. The van der Waals surface area contributed by atoms with Crippen molar-refractivity contribution in [1.29, 1.82) is 0 Å². The highest BCUT2D eigenvalue weighted by molar-refractivity contribution is 5.92.